The maximum atomic E-state index is 13.5. The number of rotatable bonds is 6. The molecule has 0 radical (unpaired) electrons. The predicted octanol–water partition coefficient (Wildman–Crippen LogP) is 10.1. The Morgan fingerprint density at radius 1 is 0.537 bits per heavy atom. The van der Waals surface area contributed by atoms with E-state index in [1.165, 1.54) is 19.1 Å². The van der Waals surface area contributed by atoms with E-state index in [-0.39, 0.29) is 28.5 Å². The lowest BCUT2D eigenvalue weighted by Crippen LogP contribution is -2.18. The second kappa shape index (κ2) is 10.7. The minimum atomic E-state index is -4.63. The van der Waals surface area contributed by atoms with E-state index in [4.69, 9.17) is 15.2 Å². The molecule has 0 atom stereocenters. The van der Waals surface area contributed by atoms with Crippen molar-refractivity contribution in [1.29, 1.82) is 0 Å². The smallest absolute Gasteiger partial charge is 0.420 e. The molecule has 216 valence electrons. The Kier molecular flexibility index (Phi) is 7.78. The monoisotopic (exact) mass is 573 g/mol. The normalized spacial score (nSPS) is 12.4. The molecule has 9 heteroatoms. The van der Waals surface area contributed by atoms with Crippen LogP contribution in [0.2, 0.25) is 0 Å². The van der Waals surface area contributed by atoms with Crippen molar-refractivity contribution in [2.24, 2.45) is 0 Å². The van der Waals surface area contributed by atoms with Crippen LogP contribution in [0.1, 0.15) is 52.8 Å². The number of halogens is 6. The summed E-state index contributed by atoms with van der Waals surface area (Å²) in [6.07, 6.45) is -9.12. The quantitative estimate of drug-likeness (QED) is 0.184. The average molecular weight is 574 g/mol. The van der Waals surface area contributed by atoms with Gasteiger partial charge in [-0.1, -0.05) is 44.2 Å². The van der Waals surface area contributed by atoms with Crippen LogP contribution in [0, 0.1) is 20.8 Å². The summed E-state index contributed by atoms with van der Waals surface area (Å²) in [7, 11) is 0. The average Bonchev–Trinajstić information content (AvgIpc) is 2.87. The Bertz CT molecular complexity index is 1550. The molecular weight excluding hydrogens is 544 g/mol. The molecule has 0 aliphatic rings. The van der Waals surface area contributed by atoms with Gasteiger partial charge in [-0.25, -0.2) is 0 Å². The lowest BCUT2D eigenvalue weighted by molar-refractivity contribution is -0.139. The van der Waals surface area contributed by atoms with Gasteiger partial charge in [0.25, 0.3) is 0 Å². The van der Waals surface area contributed by atoms with Gasteiger partial charge in [-0.3, -0.25) is 0 Å². The molecule has 0 aliphatic heterocycles. The summed E-state index contributed by atoms with van der Waals surface area (Å²) in [6, 6.07) is 18.3. The summed E-state index contributed by atoms with van der Waals surface area (Å²) >= 11 is 0. The summed E-state index contributed by atoms with van der Waals surface area (Å²) < 4.78 is 92.1. The first kappa shape index (κ1) is 29.8. The molecule has 0 heterocycles. The van der Waals surface area contributed by atoms with Crippen LogP contribution in [0.25, 0.3) is 0 Å². The fourth-order valence-electron chi connectivity index (χ4n) is 4.55. The van der Waals surface area contributed by atoms with Crippen LogP contribution >= 0.6 is 0 Å². The summed E-state index contributed by atoms with van der Waals surface area (Å²) in [6.45, 7) is 8.65. The molecule has 4 rings (SSSR count). The van der Waals surface area contributed by atoms with Gasteiger partial charge in [0.1, 0.15) is 28.6 Å². The second-order valence-electron chi connectivity index (χ2n) is 10.5. The predicted molar refractivity (Wildman–Crippen MR) is 147 cm³/mol. The zero-order valence-corrected chi connectivity index (χ0v) is 23.1. The minimum Gasteiger partial charge on any atom is -0.457 e. The molecule has 4 aromatic rings. The Balaban J connectivity index is 1.54. The van der Waals surface area contributed by atoms with Crippen molar-refractivity contribution in [3.63, 3.8) is 0 Å². The summed E-state index contributed by atoms with van der Waals surface area (Å²) in [4.78, 5) is 0. The molecule has 0 aromatic heterocycles. The first-order valence-electron chi connectivity index (χ1n) is 12.7. The van der Waals surface area contributed by atoms with Gasteiger partial charge < -0.3 is 15.2 Å². The van der Waals surface area contributed by atoms with Gasteiger partial charge in [0.05, 0.1) is 5.56 Å². The number of alkyl halides is 6. The van der Waals surface area contributed by atoms with E-state index < -0.39 is 28.9 Å². The van der Waals surface area contributed by atoms with Crippen molar-refractivity contribution >= 4 is 5.69 Å². The Morgan fingerprint density at radius 3 is 1.46 bits per heavy atom. The van der Waals surface area contributed by atoms with E-state index >= 15 is 0 Å². The molecule has 0 saturated heterocycles. The van der Waals surface area contributed by atoms with Gasteiger partial charge in [0, 0.05) is 11.1 Å². The highest BCUT2D eigenvalue weighted by molar-refractivity contribution is 5.56. The molecule has 4 aromatic carbocycles. The molecule has 0 aliphatic carbocycles. The van der Waals surface area contributed by atoms with E-state index in [0.29, 0.717) is 16.9 Å². The topological polar surface area (TPSA) is 44.5 Å². The summed E-state index contributed by atoms with van der Waals surface area (Å²) in [5.74, 6) is 0.399. The zero-order valence-electron chi connectivity index (χ0n) is 23.1. The molecule has 0 fully saturated rings. The number of nitrogens with two attached hydrogens (primary N) is 1. The Hall–Kier alpha value is -4.14. The van der Waals surface area contributed by atoms with Crippen molar-refractivity contribution < 1.29 is 35.8 Å². The molecule has 0 bridgehead atoms. The van der Waals surface area contributed by atoms with Crippen molar-refractivity contribution in [2.75, 3.05) is 5.73 Å². The van der Waals surface area contributed by atoms with Gasteiger partial charge in [0.15, 0.2) is 0 Å². The van der Waals surface area contributed by atoms with Crippen LogP contribution < -0.4 is 15.2 Å². The van der Waals surface area contributed by atoms with Crippen LogP contribution in [0.4, 0.5) is 32.0 Å². The highest BCUT2D eigenvalue weighted by atomic mass is 19.4. The molecule has 0 amide bonds. The Labute approximate surface area is 234 Å². The van der Waals surface area contributed by atoms with Crippen molar-refractivity contribution in [3.05, 3.63) is 112 Å². The minimum absolute atomic E-state index is 0.0262. The van der Waals surface area contributed by atoms with E-state index in [9.17, 15) is 26.3 Å². The molecule has 0 saturated carbocycles. The fourth-order valence-corrected chi connectivity index (χ4v) is 4.55. The molecule has 3 nitrogen and oxygen atoms in total. The third-order valence-corrected chi connectivity index (χ3v) is 7.11. The zero-order chi connectivity index (χ0) is 30.3. The molecular formula is C32H29F6NO2. The fraction of sp³-hybridized carbons (Fsp3) is 0.250. The lowest BCUT2D eigenvalue weighted by Gasteiger charge is -2.26. The summed E-state index contributed by atoms with van der Waals surface area (Å²) in [5.41, 5.74) is 6.42. The number of nitrogen functional groups attached to an aromatic ring is 1. The van der Waals surface area contributed by atoms with Crippen LogP contribution in [0.3, 0.4) is 0 Å². The van der Waals surface area contributed by atoms with E-state index in [0.717, 1.165) is 23.3 Å². The number of ether oxygens (including phenoxy) is 2. The van der Waals surface area contributed by atoms with Gasteiger partial charge in [-0.15, -0.1) is 0 Å². The van der Waals surface area contributed by atoms with Crippen LogP contribution in [-0.4, -0.2) is 0 Å². The summed E-state index contributed by atoms with van der Waals surface area (Å²) in [5, 5.41) is 0. The highest BCUT2D eigenvalue weighted by Crippen LogP contribution is 2.42. The number of anilines is 1. The van der Waals surface area contributed by atoms with Gasteiger partial charge >= 0.3 is 12.4 Å². The van der Waals surface area contributed by atoms with Crippen molar-refractivity contribution in [1.82, 2.24) is 0 Å². The Morgan fingerprint density at radius 2 is 1.00 bits per heavy atom. The van der Waals surface area contributed by atoms with Crippen LogP contribution in [0.5, 0.6) is 23.0 Å². The standard InChI is InChI=1S/C32H29F6NO2/c1-18-14-20(3)28(17-25(18)31(33,34)35)40-23-10-6-21(7-11-23)30(4,5)22-8-12-24(13-9-22)41-29-15-19(2)27(39)16-26(29)32(36,37)38/h6-17H,39H2,1-5H3. The molecule has 2 N–H and O–H groups in total. The number of benzene rings is 4. The first-order chi connectivity index (χ1) is 19.0. The molecule has 41 heavy (non-hydrogen) atoms. The van der Waals surface area contributed by atoms with Gasteiger partial charge in [-0.05, 0) is 91.1 Å². The highest BCUT2D eigenvalue weighted by Gasteiger charge is 2.36. The van der Waals surface area contributed by atoms with Crippen molar-refractivity contribution in [3.8, 4) is 23.0 Å². The molecule has 0 spiro atoms. The number of aryl methyl sites for hydroxylation is 3. The van der Waals surface area contributed by atoms with E-state index in [1.807, 2.05) is 26.0 Å². The van der Waals surface area contributed by atoms with E-state index in [1.54, 1.807) is 50.2 Å². The van der Waals surface area contributed by atoms with Gasteiger partial charge in [-0.2, -0.15) is 26.3 Å². The van der Waals surface area contributed by atoms with Crippen LogP contribution in [-0.2, 0) is 17.8 Å². The maximum absolute atomic E-state index is 13.5. The SMILES string of the molecule is Cc1cc(Oc2ccc(C(C)(C)c3ccc(Oc4cc(C(F)(F)F)c(C)cc4C)cc3)cc2)c(C(F)(F)F)cc1N. The third kappa shape index (κ3) is 6.45. The van der Waals surface area contributed by atoms with Crippen molar-refractivity contribution in [2.45, 2.75) is 52.4 Å². The van der Waals surface area contributed by atoms with Gasteiger partial charge in [0.2, 0.25) is 0 Å². The maximum Gasteiger partial charge on any atom is 0.420 e. The third-order valence-electron chi connectivity index (χ3n) is 7.11. The largest absolute Gasteiger partial charge is 0.457 e. The molecule has 0 unspecified atom stereocenters. The number of hydrogen-bond acceptors (Lipinski definition) is 3. The first-order valence-corrected chi connectivity index (χ1v) is 12.7. The second-order valence-corrected chi connectivity index (χ2v) is 10.5. The number of hydrogen-bond donors (Lipinski definition) is 1. The van der Waals surface area contributed by atoms with Crippen LogP contribution in [0.15, 0.2) is 72.8 Å². The van der Waals surface area contributed by atoms with E-state index in [2.05, 4.69) is 0 Å². The lowest BCUT2D eigenvalue weighted by atomic mass is 9.78.